The Kier molecular flexibility index (Phi) is 11.7. The molecule has 1 aromatic heterocycles. The van der Waals surface area contributed by atoms with Crippen molar-refractivity contribution in [2.24, 2.45) is 10.4 Å². The fourth-order valence-corrected chi connectivity index (χ4v) is 5.31. The third-order valence-corrected chi connectivity index (χ3v) is 7.69. The number of alkyl halides is 2. The van der Waals surface area contributed by atoms with Crippen LogP contribution < -0.4 is 11.0 Å². The first kappa shape index (κ1) is 32.5. The molecule has 0 radical (unpaired) electrons. The Morgan fingerprint density at radius 1 is 1.10 bits per heavy atom. The number of aliphatic hydroxyl groups excluding tert-OH is 2. The minimum absolute atomic E-state index is 0.194. The number of aliphatic hydroxyl groups is 2. The van der Waals surface area contributed by atoms with E-state index >= 15 is 0 Å². The van der Waals surface area contributed by atoms with Gasteiger partial charge in [-0.25, -0.2) is 9.59 Å². The van der Waals surface area contributed by atoms with Gasteiger partial charge in [-0.05, 0) is 18.6 Å². The minimum atomic E-state index is -3.89. The van der Waals surface area contributed by atoms with Gasteiger partial charge >= 0.3 is 17.6 Å². The molecule has 2 unspecified atom stereocenters. The molecular formula is C28H40F2N4O7. The van der Waals surface area contributed by atoms with Gasteiger partial charge in [0.2, 0.25) is 12.1 Å². The molecule has 1 fully saturated rings. The zero-order valence-corrected chi connectivity index (χ0v) is 23.3. The topological polar surface area (TPSA) is 163 Å². The smallest absolute Gasteiger partial charge is 0.351 e. The number of carbonyl (C=O) groups is 2. The van der Waals surface area contributed by atoms with Crippen LogP contribution in [0.25, 0.3) is 0 Å². The van der Waals surface area contributed by atoms with Crippen LogP contribution in [0.5, 0.6) is 0 Å². The fourth-order valence-electron chi connectivity index (χ4n) is 5.31. The van der Waals surface area contributed by atoms with Crippen molar-refractivity contribution in [2.45, 2.75) is 108 Å². The van der Waals surface area contributed by atoms with E-state index < -0.39 is 60.0 Å². The zero-order chi connectivity index (χ0) is 30.0. The first-order valence-corrected chi connectivity index (χ1v) is 14.2. The number of allylic oxidation sites excluding steroid dienone is 1. The number of carboxylic acid groups (broad SMARTS) is 1. The lowest BCUT2D eigenvalue weighted by atomic mass is 9.73. The van der Waals surface area contributed by atoms with Crippen LogP contribution in [0, 0.1) is 5.41 Å². The lowest BCUT2D eigenvalue weighted by Crippen LogP contribution is -2.48. The largest absolute Gasteiger partial charge is 0.480 e. The molecule has 0 saturated carbocycles. The Morgan fingerprint density at radius 2 is 1.73 bits per heavy atom. The van der Waals surface area contributed by atoms with Crippen molar-refractivity contribution in [3.63, 3.8) is 0 Å². The van der Waals surface area contributed by atoms with Crippen LogP contribution >= 0.6 is 0 Å². The number of hydrogen-bond donors (Lipinski definition) is 4. The second-order valence-corrected chi connectivity index (χ2v) is 10.7. The van der Waals surface area contributed by atoms with Crippen LogP contribution in [0.15, 0.2) is 34.2 Å². The van der Waals surface area contributed by atoms with Gasteiger partial charge in [0.15, 0.2) is 12.1 Å². The molecule has 13 heteroatoms. The van der Waals surface area contributed by atoms with Gasteiger partial charge in [-0.1, -0.05) is 77.2 Å². The first-order chi connectivity index (χ1) is 19.6. The van der Waals surface area contributed by atoms with Crippen molar-refractivity contribution in [3.05, 3.63) is 34.9 Å². The highest BCUT2D eigenvalue weighted by molar-refractivity contribution is 6.01. The number of aromatic nitrogens is 2. The zero-order valence-electron chi connectivity index (χ0n) is 23.3. The SMILES string of the molecule is CCCCCCCCCCCCC1(C(=O)Nc2ccn([C@@H]3O[C@H](CO)[C@@H](O)C3(F)F)c(=O)n2)C=CC=NC1C(=O)O. The maximum Gasteiger partial charge on any atom is 0.351 e. The predicted molar refractivity (Wildman–Crippen MR) is 147 cm³/mol. The van der Waals surface area contributed by atoms with Crippen LogP contribution in [0.2, 0.25) is 0 Å². The second kappa shape index (κ2) is 14.7. The Bertz CT molecular complexity index is 1160. The Morgan fingerprint density at radius 3 is 2.29 bits per heavy atom. The maximum atomic E-state index is 14.5. The first-order valence-electron chi connectivity index (χ1n) is 14.2. The molecule has 0 spiro atoms. The van der Waals surface area contributed by atoms with E-state index in [1.54, 1.807) is 0 Å². The van der Waals surface area contributed by atoms with Crippen molar-refractivity contribution >= 4 is 23.9 Å². The maximum absolute atomic E-state index is 14.5. The number of unbranched alkanes of at least 4 members (excludes halogenated alkanes) is 9. The van der Waals surface area contributed by atoms with E-state index in [9.17, 15) is 38.5 Å². The Hall–Kier alpha value is -3.03. The van der Waals surface area contributed by atoms with Crippen molar-refractivity contribution < 1.29 is 38.4 Å². The molecule has 1 aromatic rings. The number of ether oxygens (including phenoxy) is 1. The minimum Gasteiger partial charge on any atom is -0.480 e. The number of rotatable bonds is 16. The average Bonchev–Trinajstić information content (AvgIpc) is 3.17. The van der Waals surface area contributed by atoms with E-state index in [0.29, 0.717) is 11.0 Å². The van der Waals surface area contributed by atoms with Gasteiger partial charge in [-0.2, -0.15) is 13.8 Å². The quantitative estimate of drug-likeness (QED) is 0.215. The van der Waals surface area contributed by atoms with Crippen LogP contribution in [0.1, 0.15) is 83.8 Å². The highest BCUT2D eigenvalue weighted by Gasteiger charge is 2.59. The molecule has 0 aromatic carbocycles. The molecule has 3 heterocycles. The van der Waals surface area contributed by atoms with Crippen LogP contribution in [0.4, 0.5) is 14.6 Å². The van der Waals surface area contributed by atoms with Gasteiger partial charge in [-0.3, -0.25) is 14.4 Å². The number of amides is 1. The second-order valence-electron chi connectivity index (χ2n) is 10.7. The summed E-state index contributed by atoms with van der Waals surface area (Å²) in [6, 6.07) is -0.300. The van der Waals surface area contributed by atoms with Gasteiger partial charge in [0, 0.05) is 12.4 Å². The number of carbonyl (C=O) groups excluding carboxylic acids is 1. The van der Waals surface area contributed by atoms with E-state index in [2.05, 4.69) is 22.2 Å². The summed E-state index contributed by atoms with van der Waals surface area (Å²) in [4.78, 5) is 45.9. The summed E-state index contributed by atoms with van der Waals surface area (Å²) in [5.74, 6) is -6.18. The Balaban J connectivity index is 1.68. The van der Waals surface area contributed by atoms with Crippen LogP contribution in [0.3, 0.4) is 0 Å². The summed E-state index contributed by atoms with van der Waals surface area (Å²) >= 11 is 0. The van der Waals surface area contributed by atoms with Crippen molar-refractivity contribution in [2.75, 3.05) is 11.9 Å². The number of anilines is 1. The summed E-state index contributed by atoms with van der Waals surface area (Å²) in [5.41, 5.74) is -2.74. The number of nitrogens with one attached hydrogen (secondary N) is 1. The molecule has 1 saturated heterocycles. The molecule has 4 N–H and O–H groups in total. The van der Waals surface area contributed by atoms with Gasteiger partial charge < -0.3 is 25.4 Å². The van der Waals surface area contributed by atoms with E-state index in [1.807, 2.05) is 0 Å². The number of hydrogen-bond acceptors (Lipinski definition) is 8. The van der Waals surface area contributed by atoms with Crippen molar-refractivity contribution in [1.82, 2.24) is 9.55 Å². The number of aliphatic imine (C=N–C) groups is 1. The van der Waals surface area contributed by atoms with Gasteiger partial charge in [0.05, 0.1) is 6.61 Å². The number of nitrogens with zero attached hydrogens (tertiary/aromatic N) is 3. The lowest BCUT2D eigenvalue weighted by Gasteiger charge is -2.34. The molecule has 41 heavy (non-hydrogen) atoms. The number of dihydropyridines is 1. The summed E-state index contributed by atoms with van der Waals surface area (Å²) in [6.07, 6.45) is 9.91. The average molecular weight is 583 g/mol. The summed E-state index contributed by atoms with van der Waals surface area (Å²) in [5, 5.41) is 31.2. The van der Waals surface area contributed by atoms with Crippen molar-refractivity contribution in [1.29, 1.82) is 0 Å². The predicted octanol–water partition coefficient (Wildman–Crippen LogP) is 3.46. The molecule has 0 aliphatic carbocycles. The lowest BCUT2D eigenvalue weighted by molar-refractivity contribution is -0.144. The molecule has 1 amide bonds. The molecule has 11 nitrogen and oxygen atoms in total. The highest BCUT2D eigenvalue weighted by atomic mass is 19.3. The van der Waals surface area contributed by atoms with E-state index in [4.69, 9.17) is 4.74 Å². The molecule has 3 rings (SSSR count). The van der Waals surface area contributed by atoms with Crippen LogP contribution in [-0.4, -0.2) is 73.7 Å². The standard InChI is InChI=1S/C28H40F2N4O7/c1-2-3-4-5-6-7-8-9-10-11-14-27(15-12-16-31-21(27)23(37)38)24(39)32-20-13-17-34(26(40)33-20)25-28(29,30)22(36)19(18-35)41-25/h12-13,15-17,19,21-22,25,35-36H,2-11,14,18H2,1H3,(H,37,38)(H,32,33,39,40)/t19-,21?,22-,25-,27?/m1/s1. The molecule has 2 aliphatic heterocycles. The van der Waals surface area contributed by atoms with Gasteiger partial charge in [0.25, 0.3) is 0 Å². The summed E-state index contributed by atoms with van der Waals surface area (Å²) < 4.78 is 34.4. The van der Waals surface area contributed by atoms with E-state index in [1.165, 1.54) is 50.5 Å². The van der Waals surface area contributed by atoms with E-state index in [-0.39, 0.29) is 12.2 Å². The third kappa shape index (κ3) is 7.63. The summed E-state index contributed by atoms with van der Waals surface area (Å²) in [7, 11) is 0. The number of carboxylic acids is 1. The van der Waals surface area contributed by atoms with Gasteiger partial charge in [0.1, 0.15) is 17.3 Å². The third-order valence-electron chi connectivity index (χ3n) is 7.69. The molecule has 2 aliphatic rings. The Labute approximate surface area is 237 Å². The molecule has 0 bridgehead atoms. The van der Waals surface area contributed by atoms with E-state index in [0.717, 1.165) is 37.9 Å². The molecule has 228 valence electrons. The molecule has 5 atom stereocenters. The number of aliphatic carboxylic acids is 1. The fraction of sp³-hybridized carbons (Fsp3) is 0.679. The molecular weight excluding hydrogens is 542 g/mol. The summed E-state index contributed by atoms with van der Waals surface area (Å²) in [6.45, 7) is 1.30. The highest BCUT2D eigenvalue weighted by Crippen LogP contribution is 2.42. The number of halogens is 2. The monoisotopic (exact) mass is 582 g/mol. The van der Waals surface area contributed by atoms with Gasteiger partial charge in [-0.15, -0.1) is 0 Å². The normalized spacial score (nSPS) is 26.8. The van der Waals surface area contributed by atoms with Crippen molar-refractivity contribution in [3.8, 4) is 0 Å². The van der Waals surface area contributed by atoms with Crippen LogP contribution in [-0.2, 0) is 14.3 Å².